The number of carbonyl (C=O) groups excluding carboxylic acids is 1. The lowest BCUT2D eigenvalue weighted by atomic mass is 10.0. The molecule has 0 bridgehead atoms. The number of carbonyl (C=O) groups is 1. The highest BCUT2D eigenvalue weighted by Crippen LogP contribution is 2.33. The summed E-state index contributed by atoms with van der Waals surface area (Å²) in [5.74, 6) is 3.00. The average Bonchev–Trinajstić information content (AvgIpc) is 2.71. The Morgan fingerprint density at radius 2 is 1.27 bits per heavy atom. The van der Waals surface area contributed by atoms with Crippen LogP contribution in [0.5, 0.6) is 23.0 Å². The lowest BCUT2D eigenvalue weighted by Gasteiger charge is -2.14. The van der Waals surface area contributed by atoms with Crippen molar-refractivity contribution >= 4 is 17.3 Å². The standard InChI is InChI=1S/C25H28N2O3/c1-16(2)18-13-23(29-21-9-5-19(26)6-10-21)15-24(14-18)30-22-11-7-20(8-12-22)27-25(28)17(3)4/h5-17H,26H2,1-4H3,(H,27,28). The maximum absolute atomic E-state index is 11.8. The van der Waals surface area contributed by atoms with Gasteiger partial charge in [0.15, 0.2) is 0 Å². The van der Waals surface area contributed by atoms with Crippen LogP contribution < -0.4 is 20.5 Å². The molecular formula is C25H28N2O3. The lowest BCUT2D eigenvalue weighted by Crippen LogP contribution is -2.17. The van der Waals surface area contributed by atoms with Gasteiger partial charge in [-0.1, -0.05) is 27.7 Å². The number of anilines is 2. The number of nitrogens with two attached hydrogens (primary N) is 1. The number of hydrogen-bond acceptors (Lipinski definition) is 4. The topological polar surface area (TPSA) is 73.6 Å². The van der Waals surface area contributed by atoms with Crippen molar-refractivity contribution in [2.24, 2.45) is 5.92 Å². The van der Waals surface area contributed by atoms with Crippen LogP contribution in [0.3, 0.4) is 0 Å². The predicted molar refractivity (Wildman–Crippen MR) is 121 cm³/mol. The molecule has 0 aliphatic heterocycles. The van der Waals surface area contributed by atoms with Crippen molar-refractivity contribution in [3.63, 3.8) is 0 Å². The second-order valence-corrected chi connectivity index (χ2v) is 7.83. The fourth-order valence-corrected chi connectivity index (χ4v) is 2.75. The van der Waals surface area contributed by atoms with Crippen molar-refractivity contribution in [1.82, 2.24) is 0 Å². The van der Waals surface area contributed by atoms with Crippen LogP contribution in [0.1, 0.15) is 39.2 Å². The van der Waals surface area contributed by atoms with Gasteiger partial charge in [-0.2, -0.15) is 0 Å². The lowest BCUT2D eigenvalue weighted by molar-refractivity contribution is -0.118. The monoisotopic (exact) mass is 404 g/mol. The van der Waals surface area contributed by atoms with Gasteiger partial charge in [0.2, 0.25) is 5.91 Å². The highest BCUT2D eigenvalue weighted by Gasteiger charge is 2.10. The van der Waals surface area contributed by atoms with Gasteiger partial charge in [0.25, 0.3) is 0 Å². The molecule has 3 N–H and O–H groups in total. The van der Waals surface area contributed by atoms with Gasteiger partial charge < -0.3 is 20.5 Å². The van der Waals surface area contributed by atoms with Crippen LogP contribution in [0.4, 0.5) is 11.4 Å². The Morgan fingerprint density at radius 3 is 1.73 bits per heavy atom. The van der Waals surface area contributed by atoms with E-state index >= 15 is 0 Å². The van der Waals surface area contributed by atoms with E-state index in [9.17, 15) is 4.79 Å². The van der Waals surface area contributed by atoms with E-state index in [4.69, 9.17) is 15.2 Å². The highest BCUT2D eigenvalue weighted by atomic mass is 16.5. The molecular weight excluding hydrogens is 376 g/mol. The first kappa shape index (κ1) is 21.2. The van der Waals surface area contributed by atoms with Gasteiger partial charge in [-0.05, 0) is 72.1 Å². The summed E-state index contributed by atoms with van der Waals surface area (Å²) in [7, 11) is 0. The van der Waals surface area contributed by atoms with Gasteiger partial charge in [-0.15, -0.1) is 0 Å². The molecule has 3 rings (SSSR count). The summed E-state index contributed by atoms with van der Waals surface area (Å²) in [6.45, 7) is 7.97. The molecule has 0 atom stereocenters. The van der Waals surface area contributed by atoms with Crippen LogP contribution in [-0.2, 0) is 4.79 Å². The first-order chi connectivity index (χ1) is 14.3. The van der Waals surface area contributed by atoms with E-state index < -0.39 is 0 Å². The predicted octanol–water partition coefficient (Wildman–Crippen LogP) is 6.57. The van der Waals surface area contributed by atoms with E-state index in [0.717, 1.165) is 11.3 Å². The Labute approximate surface area is 177 Å². The molecule has 5 heteroatoms. The molecule has 1 amide bonds. The number of amides is 1. The van der Waals surface area contributed by atoms with Crippen LogP contribution in [0.2, 0.25) is 0 Å². The fourth-order valence-electron chi connectivity index (χ4n) is 2.75. The van der Waals surface area contributed by atoms with Gasteiger partial charge in [-0.25, -0.2) is 0 Å². The zero-order valence-electron chi connectivity index (χ0n) is 17.8. The summed E-state index contributed by atoms with van der Waals surface area (Å²) in [6.07, 6.45) is 0. The zero-order chi connectivity index (χ0) is 21.7. The molecule has 5 nitrogen and oxygen atoms in total. The fraction of sp³-hybridized carbons (Fsp3) is 0.240. The average molecular weight is 405 g/mol. The van der Waals surface area contributed by atoms with Gasteiger partial charge in [-0.3, -0.25) is 4.79 Å². The third-order valence-electron chi connectivity index (χ3n) is 4.57. The molecule has 0 unspecified atom stereocenters. The summed E-state index contributed by atoms with van der Waals surface area (Å²) in [5.41, 5.74) is 8.29. The Bertz CT molecular complexity index is 994. The van der Waals surface area contributed by atoms with E-state index in [2.05, 4.69) is 19.2 Å². The number of nitrogens with one attached hydrogen (secondary N) is 1. The SMILES string of the molecule is CC(C)C(=O)Nc1ccc(Oc2cc(Oc3ccc(N)cc3)cc(C(C)C)c2)cc1. The van der Waals surface area contributed by atoms with Crippen LogP contribution in [0.25, 0.3) is 0 Å². The molecule has 0 radical (unpaired) electrons. The van der Waals surface area contributed by atoms with Crippen LogP contribution in [0, 0.1) is 5.92 Å². The minimum absolute atomic E-state index is 0.0160. The Balaban J connectivity index is 1.78. The maximum atomic E-state index is 11.8. The summed E-state index contributed by atoms with van der Waals surface area (Å²) in [6, 6.07) is 20.5. The summed E-state index contributed by atoms with van der Waals surface area (Å²) in [4.78, 5) is 11.8. The number of benzene rings is 3. The third-order valence-corrected chi connectivity index (χ3v) is 4.57. The Hall–Kier alpha value is -3.47. The van der Waals surface area contributed by atoms with Gasteiger partial charge in [0, 0.05) is 23.4 Å². The van der Waals surface area contributed by atoms with Crippen LogP contribution in [-0.4, -0.2) is 5.91 Å². The molecule has 3 aromatic carbocycles. The molecule has 30 heavy (non-hydrogen) atoms. The van der Waals surface area contributed by atoms with Crippen molar-refractivity contribution in [2.75, 3.05) is 11.1 Å². The van der Waals surface area contributed by atoms with Crippen molar-refractivity contribution in [3.05, 3.63) is 72.3 Å². The van der Waals surface area contributed by atoms with Crippen molar-refractivity contribution < 1.29 is 14.3 Å². The molecule has 0 aliphatic carbocycles. The maximum Gasteiger partial charge on any atom is 0.226 e. The van der Waals surface area contributed by atoms with Crippen LogP contribution >= 0.6 is 0 Å². The molecule has 156 valence electrons. The molecule has 0 saturated carbocycles. The Kier molecular flexibility index (Phi) is 6.62. The second-order valence-electron chi connectivity index (χ2n) is 7.83. The number of ether oxygens (including phenoxy) is 2. The second kappa shape index (κ2) is 9.35. The molecule has 0 aromatic heterocycles. The molecule has 0 spiro atoms. The number of nitrogen functional groups attached to an aromatic ring is 1. The highest BCUT2D eigenvalue weighted by molar-refractivity contribution is 5.92. The minimum atomic E-state index is -0.0702. The first-order valence-electron chi connectivity index (χ1n) is 10.1. The quantitative estimate of drug-likeness (QED) is 0.437. The van der Waals surface area contributed by atoms with Crippen molar-refractivity contribution in [3.8, 4) is 23.0 Å². The minimum Gasteiger partial charge on any atom is -0.457 e. The summed E-state index contributed by atoms with van der Waals surface area (Å²) >= 11 is 0. The van der Waals surface area contributed by atoms with Gasteiger partial charge in [0.1, 0.15) is 23.0 Å². The van der Waals surface area contributed by atoms with E-state index in [-0.39, 0.29) is 11.8 Å². The smallest absolute Gasteiger partial charge is 0.226 e. The summed E-state index contributed by atoms with van der Waals surface area (Å²) < 4.78 is 12.1. The zero-order valence-corrected chi connectivity index (χ0v) is 17.8. The molecule has 0 heterocycles. The van der Waals surface area contributed by atoms with E-state index in [1.54, 1.807) is 12.1 Å². The van der Waals surface area contributed by atoms with Crippen LogP contribution in [0.15, 0.2) is 66.7 Å². The number of rotatable bonds is 7. The van der Waals surface area contributed by atoms with Gasteiger partial charge >= 0.3 is 0 Å². The van der Waals surface area contributed by atoms with E-state index in [1.807, 2.05) is 68.4 Å². The number of hydrogen-bond donors (Lipinski definition) is 2. The van der Waals surface area contributed by atoms with E-state index in [0.29, 0.717) is 34.6 Å². The molecule has 0 fully saturated rings. The molecule has 3 aromatic rings. The Morgan fingerprint density at radius 1 is 0.767 bits per heavy atom. The van der Waals surface area contributed by atoms with E-state index in [1.165, 1.54) is 0 Å². The largest absolute Gasteiger partial charge is 0.457 e. The van der Waals surface area contributed by atoms with Gasteiger partial charge in [0.05, 0.1) is 0 Å². The normalized spacial score (nSPS) is 10.9. The molecule has 0 aliphatic rings. The molecule has 0 saturated heterocycles. The first-order valence-corrected chi connectivity index (χ1v) is 10.1. The van der Waals surface area contributed by atoms with Crippen molar-refractivity contribution in [2.45, 2.75) is 33.6 Å². The summed E-state index contributed by atoms with van der Waals surface area (Å²) in [5, 5.41) is 2.87. The third kappa shape index (κ3) is 5.77. The van der Waals surface area contributed by atoms with Crippen molar-refractivity contribution in [1.29, 1.82) is 0 Å².